The standard InChI is InChI=1S/C21H22ClIN4O2S/c1-4-27-18(11-29-17-8-6-5-7-16(17)22)25-26-21(27)30-12-19(28)24-20-13(2)9-15(23)10-14(20)3/h5-10H,4,11-12H2,1-3H3,(H,24,28). The fraction of sp³-hybridized carbons (Fsp3) is 0.286. The van der Waals surface area contributed by atoms with Gasteiger partial charge >= 0.3 is 0 Å². The van der Waals surface area contributed by atoms with Crippen molar-refractivity contribution in [3.05, 3.63) is 61.9 Å². The maximum Gasteiger partial charge on any atom is 0.234 e. The molecule has 0 saturated heterocycles. The van der Waals surface area contributed by atoms with Gasteiger partial charge < -0.3 is 14.6 Å². The molecule has 1 N–H and O–H groups in total. The van der Waals surface area contributed by atoms with Gasteiger partial charge in [-0.25, -0.2) is 0 Å². The third-order valence-corrected chi connectivity index (χ3v) is 6.30. The summed E-state index contributed by atoms with van der Waals surface area (Å²) in [6.45, 7) is 6.92. The van der Waals surface area contributed by atoms with Gasteiger partial charge in [0.1, 0.15) is 12.4 Å². The second-order valence-corrected chi connectivity index (χ2v) is 9.21. The first-order chi connectivity index (χ1) is 14.4. The molecule has 0 spiro atoms. The van der Waals surface area contributed by atoms with Crippen molar-refractivity contribution in [3.63, 3.8) is 0 Å². The van der Waals surface area contributed by atoms with Gasteiger partial charge in [0.05, 0.1) is 10.8 Å². The summed E-state index contributed by atoms with van der Waals surface area (Å²) < 4.78 is 8.87. The molecule has 0 unspecified atom stereocenters. The number of anilines is 1. The molecule has 9 heteroatoms. The van der Waals surface area contributed by atoms with Gasteiger partial charge in [0, 0.05) is 15.8 Å². The lowest BCUT2D eigenvalue weighted by Gasteiger charge is -2.12. The zero-order valence-corrected chi connectivity index (χ0v) is 20.6. The molecule has 0 bridgehead atoms. The van der Waals surface area contributed by atoms with Crippen molar-refractivity contribution in [1.82, 2.24) is 14.8 Å². The largest absolute Gasteiger partial charge is 0.484 e. The molecule has 0 aliphatic carbocycles. The third-order valence-electron chi connectivity index (χ3n) is 4.40. The molecule has 0 aliphatic rings. The zero-order valence-electron chi connectivity index (χ0n) is 16.9. The van der Waals surface area contributed by atoms with Crippen molar-refractivity contribution >= 4 is 57.5 Å². The number of nitrogens with one attached hydrogen (secondary N) is 1. The van der Waals surface area contributed by atoms with Crippen LogP contribution in [0.1, 0.15) is 23.9 Å². The highest BCUT2D eigenvalue weighted by molar-refractivity contribution is 14.1. The predicted octanol–water partition coefficient (Wildman–Crippen LogP) is 5.48. The van der Waals surface area contributed by atoms with E-state index in [-0.39, 0.29) is 18.3 Å². The van der Waals surface area contributed by atoms with Gasteiger partial charge in [-0.2, -0.15) is 0 Å². The summed E-state index contributed by atoms with van der Waals surface area (Å²) >= 11 is 9.76. The van der Waals surface area contributed by atoms with Crippen molar-refractivity contribution in [2.75, 3.05) is 11.1 Å². The summed E-state index contributed by atoms with van der Waals surface area (Å²) in [6, 6.07) is 11.4. The van der Waals surface area contributed by atoms with Crippen LogP contribution in [0.25, 0.3) is 0 Å². The molecule has 1 heterocycles. The van der Waals surface area contributed by atoms with Crippen molar-refractivity contribution < 1.29 is 9.53 Å². The number of hydrogen-bond acceptors (Lipinski definition) is 5. The van der Waals surface area contributed by atoms with E-state index in [1.54, 1.807) is 6.07 Å². The number of aryl methyl sites for hydroxylation is 2. The highest BCUT2D eigenvalue weighted by atomic mass is 127. The van der Waals surface area contributed by atoms with Gasteiger partial charge in [-0.3, -0.25) is 4.79 Å². The monoisotopic (exact) mass is 556 g/mol. The number of aromatic nitrogens is 3. The van der Waals surface area contributed by atoms with Crippen LogP contribution in [0.15, 0.2) is 41.6 Å². The average Bonchev–Trinajstić information content (AvgIpc) is 3.10. The lowest BCUT2D eigenvalue weighted by atomic mass is 10.1. The molecule has 1 aromatic heterocycles. The Hall–Kier alpha value is -1.78. The molecule has 3 aromatic rings. The van der Waals surface area contributed by atoms with Gasteiger partial charge in [0.25, 0.3) is 0 Å². The Morgan fingerprint density at radius 2 is 1.93 bits per heavy atom. The highest BCUT2D eigenvalue weighted by Gasteiger charge is 2.15. The number of para-hydroxylation sites is 1. The Balaban J connectivity index is 1.62. The first kappa shape index (κ1) is 22.9. The van der Waals surface area contributed by atoms with Crippen molar-refractivity contribution in [1.29, 1.82) is 0 Å². The Labute approximate surface area is 198 Å². The third kappa shape index (κ3) is 5.67. The summed E-state index contributed by atoms with van der Waals surface area (Å²) in [5, 5.41) is 12.7. The van der Waals surface area contributed by atoms with Crippen LogP contribution >= 0.6 is 46.0 Å². The number of carbonyl (C=O) groups is 1. The molecule has 158 valence electrons. The predicted molar refractivity (Wildman–Crippen MR) is 129 cm³/mol. The van der Waals surface area contributed by atoms with Gasteiger partial charge in [0.15, 0.2) is 11.0 Å². The molecule has 0 fully saturated rings. The van der Waals surface area contributed by atoms with Gasteiger partial charge in [-0.05, 0) is 78.8 Å². The molecular weight excluding hydrogens is 535 g/mol. The summed E-state index contributed by atoms with van der Waals surface area (Å²) in [7, 11) is 0. The minimum absolute atomic E-state index is 0.0769. The van der Waals surface area contributed by atoms with E-state index >= 15 is 0 Å². The Morgan fingerprint density at radius 3 is 2.60 bits per heavy atom. The molecule has 2 aromatic carbocycles. The molecule has 0 saturated carbocycles. The summed E-state index contributed by atoms with van der Waals surface area (Å²) in [6.07, 6.45) is 0. The number of benzene rings is 2. The molecule has 0 atom stereocenters. The molecule has 30 heavy (non-hydrogen) atoms. The van der Waals surface area contributed by atoms with E-state index in [2.05, 4.69) is 50.2 Å². The maximum absolute atomic E-state index is 12.5. The number of carbonyl (C=O) groups excluding carboxylic acids is 1. The fourth-order valence-corrected chi connectivity index (χ4v) is 4.91. The normalized spacial score (nSPS) is 10.8. The first-order valence-electron chi connectivity index (χ1n) is 9.37. The highest BCUT2D eigenvalue weighted by Crippen LogP contribution is 2.26. The number of amides is 1. The van der Waals surface area contributed by atoms with Crippen LogP contribution in [0.3, 0.4) is 0 Å². The zero-order chi connectivity index (χ0) is 21.7. The number of rotatable bonds is 8. The van der Waals surface area contributed by atoms with Crippen molar-refractivity contribution in [2.45, 2.75) is 39.1 Å². The van der Waals surface area contributed by atoms with Crippen LogP contribution in [0, 0.1) is 17.4 Å². The smallest absolute Gasteiger partial charge is 0.234 e. The molecule has 0 radical (unpaired) electrons. The van der Waals surface area contributed by atoms with Crippen LogP contribution in [0.4, 0.5) is 5.69 Å². The Bertz CT molecular complexity index is 1030. The Kier molecular flexibility index (Phi) is 8.01. The summed E-state index contributed by atoms with van der Waals surface area (Å²) in [5.41, 5.74) is 2.97. The number of ether oxygens (including phenoxy) is 1. The van der Waals surface area contributed by atoms with Crippen molar-refractivity contribution in [2.24, 2.45) is 0 Å². The van der Waals surface area contributed by atoms with Gasteiger partial charge in [-0.15, -0.1) is 10.2 Å². The van der Waals surface area contributed by atoms with Crippen LogP contribution in [0.2, 0.25) is 5.02 Å². The molecular formula is C21H22ClIN4O2S. The topological polar surface area (TPSA) is 69.0 Å². The molecule has 3 rings (SSSR count). The Morgan fingerprint density at radius 1 is 1.23 bits per heavy atom. The number of nitrogens with zero attached hydrogens (tertiary/aromatic N) is 3. The van der Waals surface area contributed by atoms with Gasteiger partial charge in [-0.1, -0.05) is 35.5 Å². The van der Waals surface area contributed by atoms with E-state index in [9.17, 15) is 4.79 Å². The molecule has 0 aliphatic heterocycles. The second-order valence-electron chi connectivity index (χ2n) is 6.61. The van der Waals surface area contributed by atoms with Crippen LogP contribution in [-0.4, -0.2) is 26.4 Å². The first-order valence-corrected chi connectivity index (χ1v) is 11.8. The SMILES string of the molecule is CCn1c(COc2ccccc2Cl)nnc1SCC(=O)Nc1c(C)cc(I)cc1C. The number of halogens is 2. The lowest BCUT2D eigenvalue weighted by Crippen LogP contribution is -2.16. The van der Waals surface area contributed by atoms with E-state index < -0.39 is 0 Å². The lowest BCUT2D eigenvalue weighted by molar-refractivity contribution is -0.113. The minimum atomic E-state index is -0.0769. The summed E-state index contributed by atoms with van der Waals surface area (Å²) in [5.74, 6) is 1.45. The van der Waals surface area contributed by atoms with Crippen LogP contribution < -0.4 is 10.1 Å². The molecule has 1 amide bonds. The number of thioether (sulfide) groups is 1. The quantitative estimate of drug-likeness (QED) is 0.294. The van der Waals surface area contributed by atoms with Crippen molar-refractivity contribution in [3.8, 4) is 5.75 Å². The minimum Gasteiger partial charge on any atom is -0.484 e. The number of hydrogen-bond donors (Lipinski definition) is 1. The van der Waals surface area contributed by atoms with Gasteiger partial charge in [0.2, 0.25) is 5.91 Å². The maximum atomic E-state index is 12.5. The van der Waals surface area contributed by atoms with E-state index in [4.69, 9.17) is 16.3 Å². The average molecular weight is 557 g/mol. The molecule has 6 nitrogen and oxygen atoms in total. The van der Waals surface area contributed by atoms with Crippen LogP contribution in [0.5, 0.6) is 5.75 Å². The second kappa shape index (κ2) is 10.5. The van der Waals surface area contributed by atoms with E-state index in [1.807, 2.05) is 43.5 Å². The fourth-order valence-electron chi connectivity index (χ4n) is 2.97. The van der Waals surface area contributed by atoms with E-state index in [0.717, 1.165) is 20.4 Å². The summed E-state index contributed by atoms with van der Waals surface area (Å²) in [4.78, 5) is 12.5. The van der Waals surface area contributed by atoms with E-state index in [0.29, 0.717) is 28.3 Å². The van der Waals surface area contributed by atoms with E-state index in [1.165, 1.54) is 11.8 Å². The van der Waals surface area contributed by atoms with Crippen LogP contribution in [-0.2, 0) is 17.9 Å².